The maximum atomic E-state index is 4.46. The van der Waals surface area contributed by atoms with E-state index in [4.69, 9.17) is 0 Å². The fraction of sp³-hybridized carbons (Fsp3) is 0.333. The molecule has 3 nitrogen and oxygen atoms in total. The molecular formula is C15H16BrN3. The molecule has 0 radical (unpaired) electrons. The van der Waals surface area contributed by atoms with E-state index in [0.29, 0.717) is 0 Å². The molecule has 0 aliphatic heterocycles. The lowest BCUT2D eigenvalue weighted by atomic mass is 9.94. The van der Waals surface area contributed by atoms with Crippen molar-refractivity contribution in [2.24, 2.45) is 5.92 Å². The van der Waals surface area contributed by atoms with Gasteiger partial charge in [0.1, 0.15) is 5.52 Å². The Labute approximate surface area is 121 Å². The van der Waals surface area contributed by atoms with Gasteiger partial charge in [-0.1, -0.05) is 12.2 Å². The first-order valence-corrected chi connectivity index (χ1v) is 7.41. The molecule has 4 heteroatoms. The zero-order valence-corrected chi connectivity index (χ0v) is 12.2. The highest BCUT2D eigenvalue weighted by Gasteiger charge is 2.10. The SMILES string of the molecule is Brc1cnc2c(NCC3CC=CCC3)ccnc2c1. The monoisotopic (exact) mass is 317 g/mol. The van der Waals surface area contributed by atoms with Crippen LogP contribution in [0, 0.1) is 5.92 Å². The first-order chi connectivity index (χ1) is 9.33. The van der Waals surface area contributed by atoms with Gasteiger partial charge in [0, 0.05) is 23.4 Å². The van der Waals surface area contributed by atoms with Crippen LogP contribution >= 0.6 is 15.9 Å². The first kappa shape index (κ1) is 12.6. The fourth-order valence-corrected chi connectivity index (χ4v) is 2.76. The number of pyridine rings is 2. The average Bonchev–Trinajstić information content (AvgIpc) is 2.45. The normalized spacial score (nSPS) is 18.7. The molecule has 19 heavy (non-hydrogen) atoms. The van der Waals surface area contributed by atoms with Gasteiger partial charge in [-0.2, -0.15) is 0 Å². The van der Waals surface area contributed by atoms with Crippen molar-refractivity contribution in [3.8, 4) is 0 Å². The van der Waals surface area contributed by atoms with Crippen LogP contribution in [0.15, 0.2) is 41.2 Å². The highest BCUT2D eigenvalue weighted by molar-refractivity contribution is 9.10. The van der Waals surface area contributed by atoms with Gasteiger partial charge in [-0.3, -0.25) is 9.97 Å². The fourth-order valence-electron chi connectivity index (χ4n) is 2.44. The van der Waals surface area contributed by atoms with Crippen molar-refractivity contribution in [1.82, 2.24) is 9.97 Å². The highest BCUT2D eigenvalue weighted by atomic mass is 79.9. The summed E-state index contributed by atoms with van der Waals surface area (Å²) < 4.78 is 0.960. The van der Waals surface area contributed by atoms with E-state index in [1.54, 1.807) is 0 Å². The molecule has 1 aliphatic rings. The first-order valence-electron chi connectivity index (χ1n) is 6.62. The predicted molar refractivity (Wildman–Crippen MR) is 82.2 cm³/mol. The standard InChI is InChI=1S/C15H16BrN3/c16-12-8-14-15(19-10-12)13(6-7-17-14)18-9-11-4-2-1-3-5-11/h1-2,6-8,10-11H,3-5,9H2,(H,17,18). The molecule has 3 rings (SSSR count). The predicted octanol–water partition coefficient (Wildman–Crippen LogP) is 4.16. The molecule has 0 spiro atoms. The van der Waals surface area contributed by atoms with Gasteiger partial charge >= 0.3 is 0 Å². The third kappa shape index (κ3) is 2.95. The van der Waals surface area contributed by atoms with Gasteiger partial charge in [0.2, 0.25) is 0 Å². The molecule has 2 aromatic heterocycles. The van der Waals surface area contributed by atoms with Gasteiger partial charge in [-0.25, -0.2) is 0 Å². The van der Waals surface area contributed by atoms with Crippen molar-refractivity contribution in [1.29, 1.82) is 0 Å². The van der Waals surface area contributed by atoms with E-state index in [2.05, 4.69) is 43.4 Å². The Hall–Kier alpha value is -1.42. The maximum Gasteiger partial charge on any atom is 0.112 e. The van der Waals surface area contributed by atoms with Crippen LogP contribution < -0.4 is 5.32 Å². The molecule has 1 unspecified atom stereocenters. The molecule has 2 heterocycles. The Morgan fingerprint density at radius 3 is 3.11 bits per heavy atom. The number of nitrogens with one attached hydrogen (secondary N) is 1. The van der Waals surface area contributed by atoms with Gasteiger partial charge in [0.25, 0.3) is 0 Å². The van der Waals surface area contributed by atoms with Crippen molar-refractivity contribution in [3.05, 3.63) is 41.2 Å². The molecule has 98 valence electrons. The third-order valence-electron chi connectivity index (χ3n) is 3.50. The van der Waals surface area contributed by atoms with Gasteiger partial charge in [0.15, 0.2) is 0 Å². The number of allylic oxidation sites excluding steroid dienone is 2. The number of anilines is 1. The second-order valence-corrected chi connectivity index (χ2v) is 5.83. The number of rotatable bonds is 3. The Morgan fingerprint density at radius 2 is 2.26 bits per heavy atom. The minimum Gasteiger partial charge on any atom is -0.383 e. The number of aromatic nitrogens is 2. The molecule has 1 atom stereocenters. The zero-order chi connectivity index (χ0) is 13.1. The van der Waals surface area contributed by atoms with Crippen LogP contribution in [0.2, 0.25) is 0 Å². The average molecular weight is 318 g/mol. The number of hydrogen-bond donors (Lipinski definition) is 1. The molecule has 0 fully saturated rings. The zero-order valence-electron chi connectivity index (χ0n) is 10.6. The van der Waals surface area contributed by atoms with Crippen LogP contribution in [0.4, 0.5) is 5.69 Å². The summed E-state index contributed by atoms with van der Waals surface area (Å²) in [4.78, 5) is 8.81. The summed E-state index contributed by atoms with van der Waals surface area (Å²) in [5.41, 5.74) is 2.94. The quantitative estimate of drug-likeness (QED) is 0.864. The van der Waals surface area contributed by atoms with E-state index >= 15 is 0 Å². The second kappa shape index (κ2) is 5.70. The smallest absolute Gasteiger partial charge is 0.112 e. The van der Waals surface area contributed by atoms with Crippen molar-refractivity contribution in [2.75, 3.05) is 11.9 Å². The van der Waals surface area contributed by atoms with Crippen LogP contribution in [0.25, 0.3) is 11.0 Å². The summed E-state index contributed by atoms with van der Waals surface area (Å²) in [5.74, 6) is 0.726. The van der Waals surface area contributed by atoms with Gasteiger partial charge in [-0.15, -0.1) is 0 Å². The summed E-state index contributed by atoms with van der Waals surface area (Å²) in [6.07, 6.45) is 11.9. The van der Waals surface area contributed by atoms with Crippen molar-refractivity contribution < 1.29 is 0 Å². The van der Waals surface area contributed by atoms with E-state index in [0.717, 1.165) is 33.7 Å². The minimum absolute atomic E-state index is 0.726. The minimum atomic E-state index is 0.726. The number of halogens is 1. The lowest BCUT2D eigenvalue weighted by molar-refractivity contribution is 0.504. The molecule has 0 aromatic carbocycles. The summed E-state index contributed by atoms with van der Waals surface area (Å²) >= 11 is 3.43. The van der Waals surface area contributed by atoms with E-state index in [1.807, 2.05) is 24.5 Å². The van der Waals surface area contributed by atoms with Gasteiger partial charge in [-0.05, 0) is 53.2 Å². The summed E-state index contributed by atoms with van der Waals surface area (Å²) in [6, 6.07) is 4.00. The van der Waals surface area contributed by atoms with Crippen molar-refractivity contribution in [3.63, 3.8) is 0 Å². The largest absolute Gasteiger partial charge is 0.383 e. The van der Waals surface area contributed by atoms with Crippen molar-refractivity contribution in [2.45, 2.75) is 19.3 Å². The van der Waals surface area contributed by atoms with Crippen LogP contribution in [0.3, 0.4) is 0 Å². The molecule has 0 saturated heterocycles. The maximum absolute atomic E-state index is 4.46. The number of hydrogen-bond acceptors (Lipinski definition) is 3. The van der Waals surface area contributed by atoms with E-state index in [1.165, 1.54) is 19.3 Å². The van der Waals surface area contributed by atoms with Crippen LogP contribution in [-0.4, -0.2) is 16.5 Å². The molecule has 1 aliphatic carbocycles. The van der Waals surface area contributed by atoms with Crippen LogP contribution in [0.5, 0.6) is 0 Å². The van der Waals surface area contributed by atoms with Crippen LogP contribution in [0.1, 0.15) is 19.3 Å². The summed E-state index contributed by atoms with van der Waals surface area (Å²) in [7, 11) is 0. The lowest BCUT2D eigenvalue weighted by Crippen LogP contribution is -2.15. The van der Waals surface area contributed by atoms with Crippen molar-refractivity contribution >= 4 is 32.7 Å². The summed E-state index contributed by atoms with van der Waals surface area (Å²) in [6.45, 7) is 1.00. The Bertz CT molecular complexity index is 609. The van der Waals surface area contributed by atoms with Gasteiger partial charge in [0.05, 0.1) is 11.2 Å². The topological polar surface area (TPSA) is 37.8 Å². The lowest BCUT2D eigenvalue weighted by Gasteiger charge is -2.19. The van der Waals surface area contributed by atoms with E-state index in [9.17, 15) is 0 Å². The highest BCUT2D eigenvalue weighted by Crippen LogP contribution is 2.24. The second-order valence-electron chi connectivity index (χ2n) is 4.91. The molecule has 0 amide bonds. The molecule has 0 bridgehead atoms. The van der Waals surface area contributed by atoms with Gasteiger partial charge < -0.3 is 5.32 Å². The van der Waals surface area contributed by atoms with E-state index in [-0.39, 0.29) is 0 Å². The number of nitrogens with zero attached hydrogens (tertiary/aromatic N) is 2. The van der Waals surface area contributed by atoms with E-state index < -0.39 is 0 Å². The molecule has 1 N–H and O–H groups in total. The Balaban J connectivity index is 1.78. The Kier molecular flexibility index (Phi) is 3.78. The summed E-state index contributed by atoms with van der Waals surface area (Å²) in [5, 5.41) is 3.53. The molecular weight excluding hydrogens is 302 g/mol. The molecule has 2 aromatic rings. The Morgan fingerprint density at radius 1 is 1.32 bits per heavy atom. The number of fused-ring (bicyclic) bond motifs is 1. The van der Waals surface area contributed by atoms with Crippen LogP contribution in [-0.2, 0) is 0 Å². The third-order valence-corrected chi connectivity index (χ3v) is 3.94. The molecule has 0 saturated carbocycles.